The summed E-state index contributed by atoms with van der Waals surface area (Å²) in [6, 6.07) is 9.20. The third-order valence-corrected chi connectivity index (χ3v) is 5.02. The summed E-state index contributed by atoms with van der Waals surface area (Å²) in [5.41, 5.74) is 3.08. The maximum Gasteiger partial charge on any atom is 0.416 e. The molecule has 0 bridgehead atoms. The number of benzene rings is 2. The molecule has 3 aromatic rings. The first kappa shape index (κ1) is 18.8. The second kappa shape index (κ2) is 6.50. The molecule has 0 radical (unpaired) electrons. The van der Waals surface area contributed by atoms with Crippen LogP contribution in [0, 0.1) is 0 Å². The Balaban J connectivity index is 2.02. The molecule has 4 rings (SSSR count). The maximum absolute atomic E-state index is 13.2. The first-order chi connectivity index (χ1) is 13.7. The molecule has 1 aliphatic heterocycles. The summed E-state index contributed by atoms with van der Waals surface area (Å²) >= 11 is 0. The number of rotatable bonds is 3. The highest BCUT2D eigenvalue weighted by Crippen LogP contribution is 2.39. The van der Waals surface area contributed by atoms with Gasteiger partial charge in [-0.1, -0.05) is 30.3 Å². The zero-order valence-corrected chi connectivity index (χ0v) is 14.8. The SMILES string of the molecule is NC(=O)C(c1ccccc1)C1CNc2cc(C(F)(F)F)cc3[nH]c(=O)c(=O)n1c23. The van der Waals surface area contributed by atoms with Gasteiger partial charge in [-0.3, -0.25) is 19.0 Å². The van der Waals surface area contributed by atoms with Crippen molar-refractivity contribution in [3.05, 3.63) is 74.3 Å². The third-order valence-electron chi connectivity index (χ3n) is 5.02. The van der Waals surface area contributed by atoms with Crippen molar-refractivity contribution in [2.24, 2.45) is 5.73 Å². The Hall–Kier alpha value is -3.56. The number of H-pyrrole nitrogens is 1. The number of carbonyl (C=O) groups excluding carboxylic acids is 1. The maximum atomic E-state index is 13.2. The van der Waals surface area contributed by atoms with Gasteiger partial charge in [-0.25, -0.2) is 0 Å². The molecule has 29 heavy (non-hydrogen) atoms. The number of carbonyl (C=O) groups is 1. The molecule has 0 saturated carbocycles. The van der Waals surface area contributed by atoms with Crippen LogP contribution in [0.3, 0.4) is 0 Å². The first-order valence-corrected chi connectivity index (χ1v) is 8.66. The van der Waals surface area contributed by atoms with Crippen LogP contribution in [-0.4, -0.2) is 22.0 Å². The van der Waals surface area contributed by atoms with Crippen LogP contribution in [-0.2, 0) is 11.0 Å². The van der Waals surface area contributed by atoms with E-state index in [2.05, 4.69) is 10.3 Å². The Labute approximate surface area is 161 Å². The highest BCUT2D eigenvalue weighted by molar-refractivity contribution is 5.91. The van der Waals surface area contributed by atoms with E-state index in [1.165, 1.54) is 0 Å². The molecule has 0 fully saturated rings. The monoisotopic (exact) mass is 404 g/mol. The second-order valence-electron chi connectivity index (χ2n) is 6.79. The summed E-state index contributed by atoms with van der Waals surface area (Å²) < 4.78 is 40.7. The smallest absolute Gasteiger partial charge is 0.381 e. The van der Waals surface area contributed by atoms with Crippen LogP contribution >= 0.6 is 0 Å². The van der Waals surface area contributed by atoms with Crippen LogP contribution in [0.15, 0.2) is 52.1 Å². The van der Waals surface area contributed by atoms with E-state index in [0.29, 0.717) is 5.56 Å². The minimum Gasteiger partial charge on any atom is -0.381 e. The lowest BCUT2D eigenvalue weighted by atomic mass is 9.89. The molecular formula is C19H15F3N4O3. The predicted molar refractivity (Wildman–Crippen MR) is 99.7 cm³/mol. The van der Waals surface area contributed by atoms with E-state index in [9.17, 15) is 27.6 Å². The molecule has 1 aliphatic rings. The Morgan fingerprint density at radius 3 is 2.48 bits per heavy atom. The second-order valence-corrected chi connectivity index (χ2v) is 6.79. The largest absolute Gasteiger partial charge is 0.416 e. The molecule has 2 unspecified atom stereocenters. The van der Waals surface area contributed by atoms with Crippen molar-refractivity contribution in [1.29, 1.82) is 0 Å². The Kier molecular flexibility index (Phi) is 4.21. The number of aromatic amines is 1. The highest BCUT2D eigenvalue weighted by atomic mass is 19.4. The summed E-state index contributed by atoms with van der Waals surface area (Å²) in [6.07, 6.45) is -4.64. The summed E-state index contributed by atoms with van der Waals surface area (Å²) in [5, 5.41) is 2.85. The zero-order valence-electron chi connectivity index (χ0n) is 14.8. The van der Waals surface area contributed by atoms with Gasteiger partial charge in [0.15, 0.2) is 0 Å². The lowest BCUT2D eigenvalue weighted by molar-refractivity contribution is -0.137. The van der Waals surface area contributed by atoms with E-state index < -0.39 is 40.7 Å². The molecule has 4 N–H and O–H groups in total. The van der Waals surface area contributed by atoms with E-state index in [4.69, 9.17) is 5.73 Å². The number of alkyl halides is 3. The molecule has 2 aromatic carbocycles. The van der Waals surface area contributed by atoms with Gasteiger partial charge < -0.3 is 16.0 Å². The van der Waals surface area contributed by atoms with Crippen molar-refractivity contribution in [2.45, 2.75) is 18.1 Å². The number of anilines is 1. The molecule has 2 atom stereocenters. The fourth-order valence-corrected chi connectivity index (χ4v) is 3.80. The van der Waals surface area contributed by atoms with Crippen molar-refractivity contribution in [2.75, 3.05) is 11.9 Å². The molecule has 0 saturated heterocycles. The van der Waals surface area contributed by atoms with E-state index >= 15 is 0 Å². The van der Waals surface area contributed by atoms with Crippen LogP contribution in [0.5, 0.6) is 0 Å². The quantitative estimate of drug-likeness (QED) is 0.580. The molecule has 7 nitrogen and oxygen atoms in total. The highest BCUT2D eigenvalue weighted by Gasteiger charge is 2.37. The van der Waals surface area contributed by atoms with Crippen LogP contribution < -0.4 is 22.2 Å². The molecule has 10 heteroatoms. The number of halogens is 3. The summed E-state index contributed by atoms with van der Waals surface area (Å²) in [7, 11) is 0. The fraction of sp³-hybridized carbons (Fsp3) is 0.211. The van der Waals surface area contributed by atoms with Gasteiger partial charge in [0.2, 0.25) is 5.91 Å². The lowest BCUT2D eigenvalue weighted by Gasteiger charge is -2.33. The van der Waals surface area contributed by atoms with Crippen molar-refractivity contribution in [1.82, 2.24) is 9.55 Å². The van der Waals surface area contributed by atoms with Gasteiger partial charge in [-0.2, -0.15) is 13.2 Å². The number of nitrogens with one attached hydrogen (secondary N) is 2. The topological polar surface area (TPSA) is 110 Å². The molecular weight excluding hydrogens is 389 g/mol. The van der Waals surface area contributed by atoms with Crippen molar-refractivity contribution in [3.63, 3.8) is 0 Å². The number of nitrogens with zero attached hydrogens (tertiary/aromatic N) is 1. The lowest BCUT2D eigenvalue weighted by Crippen LogP contribution is -2.46. The predicted octanol–water partition coefficient (Wildman–Crippen LogP) is 1.94. The third kappa shape index (κ3) is 3.06. The molecule has 1 amide bonds. The number of hydrogen-bond donors (Lipinski definition) is 3. The normalized spacial score (nSPS) is 17.0. The summed E-state index contributed by atoms with van der Waals surface area (Å²) in [6.45, 7) is -0.0602. The number of hydrogen-bond acceptors (Lipinski definition) is 4. The number of aromatic nitrogens is 2. The average Bonchev–Trinajstić information content (AvgIpc) is 2.66. The molecule has 0 spiro atoms. The summed E-state index contributed by atoms with van der Waals surface area (Å²) in [5.74, 6) is -1.69. The summed E-state index contributed by atoms with van der Waals surface area (Å²) in [4.78, 5) is 39.3. The van der Waals surface area contributed by atoms with Crippen molar-refractivity contribution < 1.29 is 18.0 Å². The minimum absolute atomic E-state index is 0.0377. The number of amides is 1. The van der Waals surface area contributed by atoms with Gasteiger partial charge in [0, 0.05) is 6.54 Å². The van der Waals surface area contributed by atoms with E-state index in [1.807, 2.05) is 0 Å². The van der Waals surface area contributed by atoms with E-state index in [1.54, 1.807) is 30.3 Å². The Bertz CT molecular complexity index is 1230. The van der Waals surface area contributed by atoms with Crippen LogP contribution in [0.1, 0.15) is 23.1 Å². The van der Waals surface area contributed by atoms with Gasteiger partial charge >= 0.3 is 17.3 Å². The fourth-order valence-electron chi connectivity index (χ4n) is 3.80. The molecule has 150 valence electrons. The number of primary amides is 1. The van der Waals surface area contributed by atoms with Crippen LogP contribution in [0.25, 0.3) is 11.0 Å². The van der Waals surface area contributed by atoms with E-state index in [-0.39, 0.29) is 23.3 Å². The van der Waals surface area contributed by atoms with Gasteiger partial charge in [0.1, 0.15) is 0 Å². The average molecular weight is 404 g/mol. The molecule has 1 aromatic heterocycles. The first-order valence-electron chi connectivity index (χ1n) is 8.66. The minimum atomic E-state index is -4.64. The van der Waals surface area contributed by atoms with E-state index in [0.717, 1.165) is 16.7 Å². The van der Waals surface area contributed by atoms with Crippen molar-refractivity contribution in [3.8, 4) is 0 Å². The Morgan fingerprint density at radius 1 is 1.17 bits per heavy atom. The van der Waals surface area contributed by atoms with Gasteiger partial charge in [-0.05, 0) is 17.7 Å². The molecule has 2 heterocycles. The Morgan fingerprint density at radius 2 is 1.86 bits per heavy atom. The standard InChI is InChI=1S/C19H15F3N4O3/c20-19(21,22)10-6-11-15-12(7-10)25-17(28)18(29)26(15)13(8-24-11)14(16(23)27)9-4-2-1-3-5-9/h1-7,13-14,24H,8H2,(H2,23,27)(H,25,28). The zero-order chi connectivity index (χ0) is 20.9. The van der Waals surface area contributed by atoms with Crippen LogP contribution in [0.4, 0.5) is 18.9 Å². The van der Waals surface area contributed by atoms with Crippen LogP contribution in [0.2, 0.25) is 0 Å². The molecule has 0 aliphatic carbocycles. The van der Waals surface area contributed by atoms with Crippen molar-refractivity contribution >= 4 is 22.6 Å². The van der Waals surface area contributed by atoms with Gasteiger partial charge in [-0.15, -0.1) is 0 Å². The van der Waals surface area contributed by atoms with Gasteiger partial charge in [0.25, 0.3) is 0 Å². The van der Waals surface area contributed by atoms with Gasteiger partial charge in [0.05, 0.1) is 34.2 Å². The number of nitrogens with two attached hydrogens (primary N) is 1.